The van der Waals surface area contributed by atoms with Gasteiger partial charge >= 0.3 is 6.03 Å². The molecule has 0 saturated carbocycles. The van der Waals surface area contributed by atoms with Gasteiger partial charge < -0.3 is 20.6 Å². The normalized spacial score (nSPS) is 17.9. The van der Waals surface area contributed by atoms with Crippen LogP contribution in [0.4, 0.5) is 4.79 Å². The van der Waals surface area contributed by atoms with Crippen molar-refractivity contribution in [2.75, 3.05) is 26.7 Å². The second-order valence-corrected chi connectivity index (χ2v) is 7.55. The summed E-state index contributed by atoms with van der Waals surface area (Å²) in [5, 5.41) is 16.6. The van der Waals surface area contributed by atoms with Crippen molar-refractivity contribution in [2.24, 2.45) is 0 Å². The van der Waals surface area contributed by atoms with Crippen molar-refractivity contribution in [3.8, 4) is 0 Å². The second kappa shape index (κ2) is 8.55. The zero-order valence-corrected chi connectivity index (χ0v) is 16.1. The minimum Gasteiger partial charge on any atom is -0.388 e. The lowest BCUT2D eigenvalue weighted by Crippen LogP contribution is -2.52. The molecule has 0 aromatic heterocycles. The molecule has 1 heterocycles. The van der Waals surface area contributed by atoms with Gasteiger partial charge in [0.1, 0.15) is 0 Å². The average molecular weight is 367 g/mol. The summed E-state index contributed by atoms with van der Waals surface area (Å²) in [6.45, 7) is 4.00. The van der Waals surface area contributed by atoms with Crippen LogP contribution in [0.3, 0.4) is 0 Å². The molecule has 1 fully saturated rings. The van der Waals surface area contributed by atoms with Crippen LogP contribution in [0.15, 0.2) is 54.6 Å². The van der Waals surface area contributed by atoms with E-state index in [1.807, 2.05) is 68.6 Å². The molecule has 1 aliphatic rings. The van der Waals surface area contributed by atoms with Gasteiger partial charge in [-0.3, -0.25) is 0 Å². The number of nitrogens with one attached hydrogen (secondary N) is 2. The highest BCUT2D eigenvalue weighted by atomic mass is 16.3. The molecule has 1 atom stereocenters. The van der Waals surface area contributed by atoms with Crippen molar-refractivity contribution in [2.45, 2.75) is 31.4 Å². The third-order valence-electron chi connectivity index (χ3n) is 5.40. The van der Waals surface area contributed by atoms with Crippen LogP contribution < -0.4 is 10.6 Å². The Morgan fingerprint density at radius 2 is 1.74 bits per heavy atom. The number of aliphatic hydroxyl groups is 1. The van der Waals surface area contributed by atoms with Gasteiger partial charge in [-0.15, -0.1) is 0 Å². The molecule has 2 amide bonds. The largest absolute Gasteiger partial charge is 0.388 e. The summed E-state index contributed by atoms with van der Waals surface area (Å²) in [4.78, 5) is 14.8. The van der Waals surface area contributed by atoms with Gasteiger partial charge in [-0.2, -0.15) is 0 Å². The highest BCUT2D eigenvalue weighted by Gasteiger charge is 2.31. The molecule has 0 spiro atoms. The number of carbonyl (C=O) groups excluding carboxylic acids is 1. The monoisotopic (exact) mass is 367 g/mol. The smallest absolute Gasteiger partial charge is 0.315 e. The van der Waals surface area contributed by atoms with E-state index >= 15 is 0 Å². The predicted molar refractivity (Wildman–Crippen MR) is 108 cm³/mol. The van der Waals surface area contributed by atoms with E-state index in [9.17, 15) is 9.90 Å². The van der Waals surface area contributed by atoms with Gasteiger partial charge in [0.25, 0.3) is 0 Å². The maximum Gasteiger partial charge on any atom is 0.315 e. The lowest BCUT2D eigenvalue weighted by Gasteiger charge is -2.36. The van der Waals surface area contributed by atoms with Crippen molar-refractivity contribution in [3.05, 3.63) is 71.3 Å². The average Bonchev–Trinajstić information content (AvgIpc) is 2.69. The molecule has 2 aromatic rings. The molecule has 0 bridgehead atoms. The number of hydrogen-bond acceptors (Lipinski definition) is 3. The molecule has 5 heteroatoms. The van der Waals surface area contributed by atoms with Crippen LogP contribution in [0, 0.1) is 6.92 Å². The summed E-state index contributed by atoms with van der Waals surface area (Å²) in [6, 6.07) is 17.5. The third kappa shape index (κ3) is 5.08. The van der Waals surface area contributed by atoms with Gasteiger partial charge in [-0.1, -0.05) is 54.6 Å². The number of benzene rings is 2. The molecule has 5 nitrogen and oxygen atoms in total. The maximum absolute atomic E-state index is 12.6. The quantitative estimate of drug-likeness (QED) is 0.761. The summed E-state index contributed by atoms with van der Waals surface area (Å²) in [7, 11) is 2.05. The molecule has 2 aromatic carbocycles. The highest BCUT2D eigenvalue weighted by molar-refractivity contribution is 5.75. The Morgan fingerprint density at radius 1 is 1.11 bits per heavy atom. The van der Waals surface area contributed by atoms with E-state index in [0.717, 1.165) is 29.8 Å². The first kappa shape index (κ1) is 19.4. The van der Waals surface area contributed by atoms with Crippen LogP contribution in [-0.2, 0) is 0 Å². The molecule has 0 unspecified atom stereocenters. The summed E-state index contributed by atoms with van der Waals surface area (Å²) < 4.78 is 0. The number of carbonyl (C=O) groups is 1. The lowest BCUT2D eigenvalue weighted by molar-refractivity contribution is -0.0123. The van der Waals surface area contributed by atoms with Gasteiger partial charge in [0, 0.05) is 19.6 Å². The van der Waals surface area contributed by atoms with Crippen LogP contribution in [0.1, 0.15) is 35.6 Å². The fourth-order valence-electron chi connectivity index (χ4n) is 3.54. The lowest BCUT2D eigenvalue weighted by atomic mass is 9.91. The Morgan fingerprint density at radius 3 is 2.41 bits per heavy atom. The number of likely N-dealkylation sites (tertiary alicyclic amines) is 1. The minimum absolute atomic E-state index is 0.237. The third-order valence-corrected chi connectivity index (χ3v) is 5.40. The Bertz CT molecular complexity index is 755. The first-order chi connectivity index (χ1) is 13.0. The zero-order valence-electron chi connectivity index (χ0n) is 16.1. The SMILES string of the molecule is Cc1ccccc1[C@H](NC(=O)NCC1(O)CCN(C)CC1)c1ccccc1. The van der Waals surface area contributed by atoms with E-state index in [1.54, 1.807) is 0 Å². The number of amides is 2. The molecule has 1 aliphatic heterocycles. The molecule has 1 saturated heterocycles. The molecule has 27 heavy (non-hydrogen) atoms. The fraction of sp³-hybridized carbons (Fsp3) is 0.409. The molecular formula is C22H29N3O2. The summed E-state index contributed by atoms with van der Waals surface area (Å²) in [5.74, 6) is 0. The molecule has 0 aliphatic carbocycles. The van der Waals surface area contributed by atoms with Crippen LogP contribution in [0.2, 0.25) is 0 Å². The van der Waals surface area contributed by atoms with Crippen molar-refractivity contribution >= 4 is 6.03 Å². The van der Waals surface area contributed by atoms with Crippen molar-refractivity contribution in [1.29, 1.82) is 0 Å². The van der Waals surface area contributed by atoms with Crippen LogP contribution in [0.25, 0.3) is 0 Å². The predicted octanol–water partition coefficient (Wildman–Crippen LogP) is 2.84. The molecule has 3 rings (SSSR count). The summed E-state index contributed by atoms with van der Waals surface area (Å²) >= 11 is 0. The summed E-state index contributed by atoms with van der Waals surface area (Å²) in [6.07, 6.45) is 1.34. The molecule has 144 valence electrons. The van der Waals surface area contributed by atoms with E-state index < -0.39 is 5.60 Å². The van der Waals surface area contributed by atoms with Crippen molar-refractivity contribution in [1.82, 2.24) is 15.5 Å². The first-order valence-corrected chi connectivity index (χ1v) is 9.53. The van der Waals surface area contributed by atoms with Crippen LogP contribution in [-0.4, -0.2) is 48.3 Å². The van der Waals surface area contributed by atoms with Gasteiger partial charge in [-0.05, 0) is 43.5 Å². The van der Waals surface area contributed by atoms with Crippen LogP contribution in [0.5, 0.6) is 0 Å². The van der Waals surface area contributed by atoms with Crippen LogP contribution >= 0.6 is 0 Å². The van der Waals surface area contributed by atoms with E-state index in [0.29, 0.717) is 12.8 Å². The van der Waals surface area contributed by atoms with Crippen molar-refractivity contribution in [3.63, 3.8) is 0 Å². The van der Waals surface area contributed by atoms with E-state index in [1.165, 1.54) is 0 Å². The van der Waals surface area contributed by atoms with Gasteiger partial charge in [-0.25, -0.2) is 4.79 Å². The first-order valence-electron chi connectivity index (χ1n) is 9.53. The van der Waals surface area contributed by atoms with E-state index in [-0.39, 0.29) is 18.6 Å². The zero-order chi connectivity index (χ0) is 19.3. The Balaban J connectivity index is 1.69. The number of hydrogen-bond donors (Lipinski definition) is 3. The second-order valence-electron chi connectivity index (χ2n) is 7.55. The number of nitrogens with zero attached hydrogens (tertiary/aromatic N) is 1. The number of piperidine rings is 1. The molecule has 3 N–H and O–H groups in total. The number of urea groups is 1. The van der Waals surface area contributed by atoms with Crippen molar-refractivity contribution < 1.29 is 9.90 Å². The standard InChI is InChI=1S/C22H29N3O2/c1-17-8-6-7-11-19(17)20(18-9-4-3-5-10-18)24-21(26)23-16-22(27)12-14-25(2)15-13-22/h3-11,20,27H,12-16H2,1-2H3,(H2,23,24,26)/t20-/m1/s1. The maximum atomic E-state index is 12.6. The molecular weight excluding hydrogens is 338 g/mol. The topological polar surface area (TPSA) is 64.6 Å². The molecule has 0 radical (unpaired) electrons. The van der Waals surface area contributed by atoms with Gasteiger partial charge in [0.2, 0.25) is 0 Å². The minimum atomic E-state index is -0.825. The summed E-state index contributed by atoms with van der Waals surface area (Å²) in [5.41, 5.74) is 2.40. The van der Waals surface area contributed by atoms with E-state index in [4.69, 9.17) is 0 Å². The Kier molecular flexibility index (Phi) is 6.14. The fourth-order valence-corrected chi connectivity index (χ4v) is 3.54. The van der Waals surface area contributed by atoms with Gasteiger partial charge in [0.15, 0.2) is 0 Å². The Labute approximate surface area is 161 Å². The Hall–Kier alpha value is -2.37. The number of rotatable bonds is 5. The van der Waals surface area contributed by atoms with Gasteiger partial charge in [0.05, 0.1) is 11.6 Å². The highest BCUT2D eigenvalue weighted by Crippen LogP contribution is 2.25. The number of aryl methyl sites for hydroxylation is 1. The van der Waals surface area contributed by atoms with E-state index in [2.05, 4.69) is 15.5 Å².